The quantitative estimate of drug-likeness (QED) is 0.136. The number of carbonyl (C=O) groups excluding carboxylic acids is 1. The van der Waals surface area contributed by atoms with Crippen LogP contribution in [0.25, 0.3) is 11.2 Å². The molecule has 0 spiro atoms. The van der Waals surface area contributed by atoms with Gasteiger partial charge in [-0.1, -0.05) is 106 Å². The number of aliphatic hydroxyl groups is 1. The van der Waals surface area contributed by atoms with Crippen molar-refractivity contribution in [1.82, 2.24) is 19.5 Å². The van der Waals surface area contributed by atoms with Crippen molar-refractivity contribution in [2.45, 2.75) is 135 Å². The number of halogens is 1. The first-order valence-electron chi connectivity index (χ1n) is 16.1. The molecular formula is C31H53ClN5O6Si3. The predicted molar refractivity (Wildman–Crippen MR) is 189 cm³/mol. The average molecular weight is 712 g/mol. The van der Waals surface area contributed by atoms with Gasteiger partial charge < -0.3 is 23.5 Å². The molecule has 3 rings (SSSR count). The summed E-state index contributed by atoms with van der Waals surface area (Å²) in [6.45, 7) is 26.2. The summed E-state index contributed by atoms with van der Waals surface area (Å²) in [6.07, 6.45) is -1.34. The maximum Gasteiger partial charge on any atom is 0.340 e. The summed E-state index contributed by atoms with van der Waals surface area (Å²) >= 11 is 6.52. The van der Waals surface area contributed by atoms with Gasteiger partial charge >= 0.3 is 8.56 Å². The molecule has 3 N–H and O–H groups in total. The minimum atomic E-state index is -3.19. The first-order chi connectivity index (χ1) is 21.1. The van der Waals surface area contributed by atoms with E-state index in [1.807, 2.05) is 27.7 Å². The highest BCUT2D eigenvalue weighted by Crippen LogP contribution is 2.44. The molecule has 0 bridgehead atoms. The van der Waals surface area contributed by atoms with Crippen molar-refractivity contribution in [3.8, 4) is 11.5 Å². The molecule has 15 heteroatoms. The van der Waals surface area contributed by atoms with Gasteiger partial charge in [0.15, 0.2) is 22.6 Å². The number of imidazole rings is 1. The van der Waals surface area contributed by atoms with E-state index in [2.05, 4.69) is 79.1 Å². The first kappa shape index (κ1) is 38.8. The Bertz CT molecular complexity index is 1420. The molecule has 0 saturated carbocycles. The number of rotatable bonds is 12. The van der Waals surface area contributed by atoms with Gasteiger partial charge in [-0.05, 0) is 22.2 Å². The van der Waals surface area contributed by atoms with E-state index >= 15 is 0 Å². The summed E-state index contributed by atoms with van der Waals surface area (Å²) < 4.78 is 21.6. The number of nitrogens with one attached hydrogen (secondary N) is 1. The summed E-state index contributed by atoms with van der Waals surface area (Å²) in [5.41, 5.74) is 2.35. The Balaban J connectivity index is 2.24. The van der Waals surface area contributed by atoms with Crippen molar-refractivity contribution in [3.63, 3.8) is 0 Å². The summed E-state index contributed by atoms with van der Waals surface area (Å²) in [5.74, 6) is 2.65. The van der Waals surface area contributed by atoms with Gasteiger partial charge in [0.05, 0.1) is 12.9 Å². The Hall–Kier alpha value is -1.68. The number of hydrogen-bond acceptors (Lipinski definition) is 9. The van der Waals surface area contributed by atoms with Gasteiger partial charge in [-0.25, -0.2) is 4.98 Å². The zero-order valence-corrected chi connectivity index (χ0v) is 33.4. The molecule has 1 fully saturated rings. The van der Waals surface area contributed by atoms with Crippen molar-refractivity contribution in [1.29, 1.82) is 0 Å². The number of hydrogen-bond donors (Lipinski definition) is 3. The second-order valence-corrected chi connectivity index (χ2v) is 27.3. The number of anilines is 1. The zero-order chi connectivity index (χ0) is 34.9. The van der Waals surface area contributed by atoms with Gasteiger partial charge in [0.1, 0.15) is 25.8 Å². The largest absolute Gasteiger partial charge is 0.410 e. The van der Waals surface area contributed by atoms with E-state index in [1.165, 1.54) is 6.33 Å². The molecular weight excluding hydrogens is 658 g/mol. The van der Waals surface area contributed by atoms with Crippen LogP contribution < -0.4 is 5.32 Å². The van der Waals surface area contributed by atoms with Gasteiger partial charge in [0, 0.05) is 5.92 Å². The maximum atomic E-state index is 12.8. The van der Waals surface area contributed by atoms with Crippen LogP contribution >= 0.6 is 11.6 Å². The molecule has 257 valence electrons. The standard InChI is InChI=1S/C31H53ClN5O6Si3/c1-18(2)28(38)36-30-34-26(32)24-27(35-30)37(17-33-24)29-31(39,14-15-45(11,12)13)25(43-44(19(3)4)20(5)6)23(42-29)16-41-46(40,21(7)8)22(9)10/h17-23,25,29,39-40H,16H2,1-13H3,(H,34,35,36,38)/t23-,25?,29-,31+/m1/s1. The van der Waals surface area contributed by atoms with Crippen LogP contribution in [0.15, 0.2) is 6.33 Å². The van der Waals surface area contributed by atoms with Gasteiger partial charge in [-0.2, -0.15) is 9.97 Å². The van der Waals surface area contributed by atoms with Gasteiger partial charge in [0.25, 0.3) is 0 Å². The van der Waals surface area contributed by atoms with E-state index in [4.69, 9.17) is 25.2 Å². The van der Waals surface area contributed by atoms with Crippen LogP contribution in [0.2, 0.25) is 47.0 Å². The SMILES string of the molecule is CC(C)C(=O)Nc1nc(Cl)c2ncn([C@@H]3O[C@H](CO[Si](O)(C(C)C)C(C)C)C(O[Si](C(C)C)C(C)C)[C@@]3(O)C#C[Si](C)(C)C)c2n1. The molecule has 3 heterocycles. The summed E-state index contributed by atoms with van der Waals surface area (Å²) in [6, 6.07) is 0. The molecule has 2 aromatic heterocycles. The minimum absolute atomic E-state index is 0.000584. The van der Waals surface area contributed by atoms with Crippen LogP contribution in [0.4, 0.5) is 5.95 Å². The molecule has 0 aliphatic carbocycles. The Kier molecular flexibility index (Phi) is 12.5. The van der Waals surface area contributed by atoms with Crippen LogP contribution in [0.3, 0.4) is 0 Å². The second-order valence-electron chi connectivity index (χ2n) is 14.8. The summed E-state index contributed by atoms with van der Waals surface area (Å²) in [5, 5.41) is 15.5. The monoisotopic (exact) mass is 710 g/mol. The topological polar surface area (TPSA) is 141 Å². The highest BCUT2D eigenvalue weighted by atomic mass is 35.5. The molecule has 2 aromatic rings. The third-order valence-electron chi connectivity index (χ3n) is 8.01. The lowest BCUT2D eigenvalue weighted by Gasteiger charge is -2.36. The number of amides is 1. The van der Waals surface area contributed by atoms with Crippen LogP contribution in [0, 0.1) is 17.4 Å². The summed E-state index contributed by atoms with van der Waals surface area (Å²) in [4.78, 5) is 37.4. The molecule has 1 radical (unpaired) electrons. The Morgan fingerprint density at radius 2 is 1.70 bits per heavy atom. The molecule has 1 unspecified atom stereocenters. The van der Waals surface area contributed by atoms with Crippen molar-refractivity contribution in [2.24, 2.45) is 5.92 Å². The lowest BCUT2D eigenvalue weighted by Crippen LogP contribution is -2.53. The number of fused-ring (bicyclic) bond motifs is 1. The minimum Gasteiger partial charge on any atom is -0.410 e. The van der Waals surface area contributed by atoms with E-state index < -0.39 is 49.7 Å². The fourth-order valence-corrected chi connectivity index (χ4v) is 11.1. The molecule has 1 aliphatic rings. The van der Waals surface area contributed by atoms with Crippen LogP contribution in [0.1, 0.15) is 75.5 Å². The van der Waals surface area contributed by atoms with Crippen molar-refractivity contribution in [3.05, 3.63) is 11.5 Å². The number of ether oxygens (including phenoxy) is 1. The number of aromatic nitrogens is 4. The van der Waals surface area contributed by atoms with Crippen LogP contribution in [0.5, 0.6) is 0 Å². The molecule has 1 saturated heterocycles. The second kappa shape index (κ2) is 14.8. The van der Waals surface area contributed by atoms with E-state index in [0.717, 1.165) is 0 Å². The maximum absolute atomic E-state index is 12.8. The molecule has 46 heavy (non-hydrogen) atoms. The highest BCUT2D eigenvalue weighted by molar-refractivity contribution is 6.83. The predicted octanol–water partition coefficient (Wildman–Crippen LogP) is 6.05. The molecule has 1 amide bonds. The van der Waals surface area contributed by atoms with E-state index in [9.17, 15) is 14.7 Å². The number of carbonyl (C=O) groups is 1. The van der Waals surface area contributed by atoms with Crippen molar-refractivity contribution in [2.75, 3.05) is 11.9 Å². The van der Waals surface area contributed by atoms with Crippen LogP contribution in [-0.2, 0) is 18.4 Å². The fraction of sp³-hybridized carbons (Fsp3) is 0.742. The van der Waals surface area contributed by atoms with Gasteiger partial charge in [-0.3, -0.25) is 14.7 Å². The zero-order valence-electron chi connectivity index (χ0n) is 29.6. The van der Waals surface area contributed by atoms with E-state index in [0.29, 0.717) is 0 Å². The molecule has 1 aliphatic heterocycles. The molecule has 11 nitrogen and oxygen atoms in total. The van der Waals surface area contributed by atoms with Crippen LogP contribution in [-0.4, -0.2) is 85.4 Å². The highest BCUT2D eigenvalue weighted by Gasteiger charge is 2.59. The third-order valence-corrected chi connectivity index (χ3v) is 15.9. The fourth-order valence-electron chi connectivity index (χ4n) is 5.42. The van der Waals surface area contributed by atoms with Crippen molar-refractivity contribution < 1.29 is 28.3 Å². The lowest BCUT2D eigenvalue weighted by atomic mass is 9.95. The molecule has 4 atom stereocenters. The van der Waals surface area contributed by atoms with Gasteiger partial charge in [0.2, 0.25) is 20.9 Å². The number of nitrogens with zero attached hydrogens (tertiary/aromatic N) is 4. The van der Waals surface area contributed by atoms with Crippen molar-refractivity contribution >= 4 is 60.3 Å². The third kappa shape index (κ3) is 8.48. The Morgan fingerprint density at radius 3 is 2.20 bits per heavy atom. The first-order valence-corrected chi connectivity index (χ1v) is 23.6. The Labute approximate surface area is 283 Å². The normalized spacial score (nSPS) is 22.6. The molecule has 0 aromatic carbocycles. The average Bonchev–Trinajstić information content (AvgIpc) is 3.46. The van der Waals surface area contributed by atoms with Gasteiger partial charge in [-0.15, -0.1) is 5.54 Å². The summed E-state index contributed by atoms with van der Waals surface area (Å²) in [7, 11) is -6.69. The lowest BCUT2D eigenvalue weighted by molar-refractivity contribution is -0.118. The Morgan fingerprint density at radius 1 is 1.11 bits per heavy atom. The smallest absolute Gasteiger partial charge is 0.340 e. The van der Waals surface area contributed by atoms with E-state index in [1.54, 1.807) is 18.4 Å². The van der Waals surface area contributed by atoms with E-state index in [-0.39, 0.29) is 62.9 Å².